The van der Waals surface area contributed by atoms with Gasteiger partial charge in [-0.15, -0.1) is 0 Å². The summed E-state index contributed by atoms with van der Waals surface area (Å²) in [4.78, 5) is 0. The molecule has 0 unspecified atom stereocenters. The first kappa shape index (κ1) is 6.05. The molecule has 1 atom stereocenters. The van der Waals surface area contributed by atoms with Crippen LogP contribution in [-0.4, -0.2) is 23.3 Å². The van der Waals surface area contributed by atoms with E-state index in [1.807, 2.05) is 13.8 Å². The average molecular weight is 115 g/mol. The first-order chi connectivity index (χ1) is 3.63. The van der Waals surface area contributed by atoms with Crippen molar-refractivity contribution in [2.75, 3.05) is 6.54 Å². The fourth-order valence-corrected chi connectivity index (χ4v) is 1.01. The molecular formula is C6H13NO. The molecule has 0 saturated carbocycles. The van der Waals surface area contributed by atoms with Gasteiger partial charge in [0, 0.05) is 5.54 Å². The van der Waals surface area contributed by atoms with Gasteiger partial charge in [0.15, 0.2) is 0 Å². The molecule has 0 amide bonds. The lowest BCUT2D eigenvalue weighted by atomic mass is 10.0. The highest BCUT2D eigenvalue weighted by Crippen LogP contribution is 2.17. The van der Waals surface area contributed by atoms with Crippen molar-refractivity contribution < 1.29 is 5.11 Å². The molecule has 1 rings (SSSR count). The van der Waals surface area contributed by atoms with Crippen molar-refractivity contribution in [1.29, 1.82) is 0 Å². The molecule has 0 radical (unpaired) electrons. The lowest BCUT2D eigenvalue weighted by Crippen LogP contribution is -2.40. The van der Waals surface area contributed by atoms with Crippen molar-refractivity contribution in [3.05, 3.63) is 0 Å². The first-order valence-electron chi connectivity index (χ1n) is 3.06. The number of hydrogen-bond acceptors (Lipinski definition) is 2. The zero-order valence-corrected chi connectivity index (χ0v) is 5.44. The van der Waals surface area contributed by atoms with E-state index in [4.69, 9.17) is 0 Å². The standard InChI is InChI=1S/C6H13NO/c1-6(2)5(8)3-4-7-6/h5,7-8H,3-4H2,1-2H3/t5-/m0/s1. The fraction of sp³-hybridized carbons (Fsp3) is 1.00. The van der Waals surface area contributed by atoms with Gasteiger partial charge in [0.05, 0.1) is 6.10 Å². The molecule has 2 N–H and O–H groups in total. The van der Waals surface area contributed by atoms with Crippen molar-refractivity contribution >= 4 is 0 Å². The van der Waals surface area contributed by atoms with Gasteiger partial charge >= 0.3 is 0 Å². The molecule has 0 bridgehead atoms. The van der Waals surface area contributed by atoms with E-state index in [0.29, 0.717) is 0 Å². The largest absolute Gasteiger partial charge is 0.391 e. The molecule has 0 spiro atoms. The number of rotatable bonds is 0. The van der Waals surface area contributed by atoms with Gasteiger partial charge in [0.2, 0.25) is 0 Å². The van der Waals surface area contributed by atoms with E-state index in [1.54, 1.807) is 0 Å². The first-order valence-corrected chi connectivity index (χ1v) is 3.06. The van der Waals surface area contributed by atoms with Gasteiger partial charge < -0.3 is 10.4 Å². The third-order valence-electron chi connectivity index (χ3n) is 1.83. The van der Waals surface area contributed by atoms with Crippen molar-refractivity contribution in [3.63, 3.8) is 0 Å². The Labute approximate surface area is 49.9 Å². The molecule has 0 aromatic rings. The Hall–Kier alpha value is -0.0800. The molecule has 1 fully saturated rings. The molecule has 1 aliphatic heterocycles. The number of nitrogens with one attached hydrogen (secondary N) is 1. The maximum absolute atomic E-state index is 9.19. The predicted molar refractivity (Wildman–Crippen MR) is 32.7 cm³/mol. The minimum atomic E-state index is -0.150. The van der Waals surface area contributed by atoms with Crippen LogP contribution in [0.3, 0.4) is 0 Å². The van der Waals surface area contributed by atoms with Crippen LogP contribution in [-0.2, 0) is 0 Å². The van der Waals surface area contributed by atoms with Gasteiger partial charge in [-0.2, -0.15) is 0 Å². The van der Waals surface area contributed by atoms with Crippen LogP contribution in [0.25, 0.3) is 0 Å². The normalized spacial score (nSPS) is 35.6. The number of aliphatic hydroxyl groups is 1. The smallest absolute Gasteiger partial charge is 0.0728 e. The zero-order valence-electron chi connectivity index (χ0n) is 5.44. The van der Waals surface area contributed by atoms with Crippen LogP contribution < -0.4 is 5.32 Å². The summed E-state index contributed by atoms with van der Waals surface area (Å²) < 4.78 is 0. The van der Waals surface area contributed by atoms with Crippen LogP contribution in [0.5, 0.6) is 0 Å². The Morgan fingerprint density at radius 3 is 2.38 bits per heavy atom. The lowest BCUT2D eigenvalue weighted by molar-refractivity contribution is 0.119. The van der Waals surface area contributed by atoms with Gasteiger partial charge in [-0.1, -0.05) is 0 Å². The molecule has 0 aromatic heterocycles. The molecule has 1 aliphatic rings. The Balaban J connectivity index is 2.54. The maximum Gasteiger partial charge on any atom is 0.0728 e. The molecule has 8 heavy (non-hydrogen) atoms. The van der Waals surface area contributed by atoms with E-state index in [-0.39, 0.29) is 11.6 Å². The predicted octanol–water partition coefficient (Wildman–Crippen LogP) is 0.119. The summed E-state index contributed by atoms with van der Waals surface area (Å²) in [5, 5.41) is 12.4. The highest BCUT2D eigenvalue weighted by atomic mass is 16.3. The summed E-state index contributed by atoms with van der Waals surface area (Å²) in [6.45, 7) is 4.99. The van der Waals surface area contributed by atoms with Crippen LogP contribution in [0.1, 0.15) is 20.3 Å². The lowest BCUT2D eigenvalue weighted by Gasteiger charge is -2.21. The SMILES string of the molecule is CC1(C)NCC[C@@H]1O. The summed E-state index contributed by atoms with van der Waals surface area (Å²) in [6.07, 6.45) is 0.745. The zero-order chi connectivity index (χ0) is 6.20. The Bertz CT molecular complexity index is 90.5. The summed E-state index contributed by atoms with van der Waals surface area (Å²) in [6, 6.07) is 0. The second-order valence-corrected chi connectivity index (χ2v) is 2.95. The number of hydrogen-bond donors (Lipinski definition) is 2. The summed E-state index contributed by atoms with van der Waals surface area (Å²) in [5.41, 5.74) is -0.0417. The summed E-state index contributed by atoms with van der Waals surface area (Å²) >= 11 is 0. The van der Waals surface area contributed by atoms with Crippen molar-refractivity contribution in [3.8, 4) is 0 Å². The van der Waals surface area contributed by atoms with E-state index in [0.717, 1.165) is 13.0 Å². The van der Waals surface area contributed by atoms with E-state index in [9.17, 15) is 5.11 Å². The van der Waals surface area contributed by atoms with E-state index in [1.165, 1.54) is 0 Å². The molecule has 1 saturated heterocycles. The minimum absolute atomic E-state index is 0.0417. The fourth-order valence-electron chi connectivity index (χ4n) is 1.01. The van der Waals surface area contributed by atoms with Crippen LogP contribution in [0.15, 0.2) is 0 Å². The van der Waals surface area contributed by atoms with Crippen LogP contribution >= 0.6 is 0 Å². The van der Waals surface area contributed by atoms with Gasteiger partial charge in [-0.25, -0.2) is 0 Å². The molecular weight excluding hydrogens is 102 g/mol. The Kier molecular flexibility index (Phi) is 1.29. The molecule has 0 aliphatic carbocycles. The summed E-state index contributed by atoms with van der Waals surface area (Å²) in [5.74, 6) is 0. The third kappa shape index (κ3) is 0.858. The summed E-state index contributed by atoms with van der Waals surface area (Å²) in [7, 11) is 0. The molecule has 48 valence electrons. The van der Waals surface area contributed by atoms with Gasteiger partial charge in [0.25, 0.3) is 0 Å². The molecule has 0 aromatic carbocycles. The second-order valence-electron chi connectivity index (χ2n) is 2.95. The Morgan fingerprint density at radius 2 is 2.25 bits per heavy atom. The van der Waals surface area contributed by atoms with Crippen molar-refractivity contribution in [2.45, 2.75) is 31.9 Å². The molecule has 2 heteroatoms. The third-order valence-corrected chi connectivity index (χ3v) is 1.83. The van der Waals surface area contributed by atoms with Crippen LogP contribution in [0.2, 0.25) is 0 Å². The topological polar surface area (TPSA) is 32.3 Å². The van der Waals surface area contributed by atoms with Crippen molar-refractivity contribution in [1.82, 2.24) is 5.32 Å². The van der Waals surface area contributed by atoms with Crippen LogP contribution in [0.4, 0.5) is 0 Å². The second kappa shape index (κ2) is 1.71. The van der Waals surface area contributed by atoms with Gasteiger partial charge in [-0.3, -0.25) is 0 Å². The maximum atomic E-state index is 9.19. The quantitative estimate of drug-likeness (QED) is 0.470. The van der Waals surface area contributed by atoms with E-state index >= 15 is 0 Å². The van der Waals surface area contributed by atoms with E-state index < -0.39 is 0 Å². The van der Waals surface area contributed by atoms with Gasteiger partial charge in [-0.05, 0) is 26.8 Å². The molecule has 1 heterocycles. The Morgan fingerprint density at radius 1 is 1.62 bits per heavy atom. The highest BCUT2D eigenvalue weighted by molar-refractivity contribution is 4.91. The minimum Gasteiger partial charge on any atom is -0.391 e. The average Bonchev–Trinajstić information content (AvgIpc) is 1.86. The van der Waals surface area contributed by atoms with Gasteiger partial charge in [0.1, 0.15) is 0 Å². The highest BCUT2D eigenvalue weighted by Gasteiger charge is 2.31. The van der Waals surface area contributed by atoms with Crippen molar-refractivity contribution in [2.24, 2.45) is 0 Å². The molecule has 2 nitrogen and oxygen atoms in total. The number of aliphatic hydroxyl groups excluding tert-OH is 1. The monoisotopic (exact) mass is 115 g/mol. The van der Waals surface area contributed by atoms with E-state index in [2.05, 4.69) is 5.32 Å². The van der Waals surface area contributed by atoms with Crippen LogP contribution in [0, 0.1) is 0 Å².